The maximum Gasteiger partial charge on any atom is 0.123 e. The van der Waals surface area contributed by atoms with Crippen molar-refractivity contribution in [3.05, 3.63) is 89.5 Å². The zero-order chi connectivity index (χ0) is 21.8. The van der Waals surface area contributed by atoms with Crippen molar-refractivity contribution in [1.29, 1.82) is 0 Å². The number of ether oxygens (including phenoxy) is 1. The summed E-state index contributed by atoms with van der Waals surface area (Å²) in [6.45, 7) is 4.33. The number of phenols is 1. The fraction of sp³-hybridized carbons (Fsp3) is 0.357. The van der Waals surface area contributed by atoms with Gasteiger partial charge in [0, 0.05) is 34.6 Å². The summed E-state index contributed by atoms with van der Waals surface area (Å²) in [5.74, 6) is 2.67. The first-order valence-electron chi connectivity index (χ1n) is 11.7. The van der Waals surface area contributed by atoms with E-state index in [1.54, 1.807) is 6.07 Å². The van der Waals surface area contributed by atoms with E-state index in [1.165, 1.54) is 54.9 Å². The van der Waals surface area contributed by atoms with Crippen LogP contribution in [0.2, 0.25) is 0 Å². The Balaban J connectivity index is 1.36. The van der Waals surface area contributed by atoms with Gasteiger partial charge in [0.2, 0.25) is 0 Å². The number of likely N-dealkylation sites (tertiary alicyclic amines) is 1. The Morgan fingerprint density at radius 2 is 1.66 bits per heavy atom. The monoisotopic (exact) mass is 445 g/mol. The summed E-state index contributed by atoms with van der Waals surface area (Å²) < 4.78 is 6.11. The van der Waals surface area contributed by atoms with Crippen molar-refractivity contribution >= 4 is 11.8 Å². The number of nitrogens with zero attached hydrogens (tertiary/aromatic N) is 1. The second kappa shape index (κ2) is 10.0. The van der Waals surface area contributed by atoms with Crippen molar-refractivity contribution in [2.45, 2.75) is 36.0 Å². The second-order valence-corrected chi connectivity index (χ2v) is 10.0. The standard InChI is InChI=1S/C28H31NO2S/c30-23-11-14-27-25(19-23)28(26(20-31-27)21-7-3-1-4-8-21)22-9-12-24(13-10-22)32-18-17-29-15-5-2-6-16-29/h1,3-4,7-14,19,26,28,30H,2,5-6,15-18,20H2/t26-,28-/m0/s1. The smallest absolute Gasteiger partial charge is 0.123 e. The van der Waals surface area contributed by atoms with E-state index in [2.05, 4.69) is 59.5 Å². The van der Waals surface area contributed by atoms with Crippen LogP contribution in [0.1, 0.15) is 47.8 Å². The summed E-state index contributed by atoms with van der Waals surface area (Å²) in [5, 5.41) is 10.2. The van der Waals surface area contributed by atoms with Crippen molar-refractivity contribution in [1.82, 2.24) is 4.90 Å². The molecule has 3 aromatic rings. The Bertz CT molecular complexity index is 1020. The van der Waals surface area contributed by atoms with E-state index in [1.807, 2.05) is 23.9 Å². The molecule has 0 radical (unpaired) electrons. The molecule has 0 unspecified atom stereocenters. The van der Waals surface area contributed by atoms with E-state index in [4.69, 9.17) is 4.74 Å². The summed E-state index contributed by atoms with van der Waals surface area (Å²) in [5.41, 5.74) is 3.61. The van der Waals surface area contributed by atoms with Gasteiger partial charge in [-0.1, -0.05) is 48.9 Å². The molecule has 2 aliphatic rings. The minimum absolute atomic E-state index is 0.153. The number of hydrogen-bond acceptors (Lipinski definition) is 4. The number of thioether (sulfide) groups is 1. The van der Waals surface area contributed by atoms with Crippen LogP contribution in [0.4, 0.5) is 0 Å². The molecule has 0 aliphatic carbocycles. The number of phenolic OH excluding ortho intramolecular Hbond substituents is 1. The van der Waals surface area contributed by atoms with Gasteiger partial charge in [-0.15, -0.1) is 11.8 Å². The lowest BCUT2D eigenvalue weighted by Crippen LogP contribution is -2.31. The lowest BCUT2D eigenvalue weighted by atomic mass is 9.76. The molecule has 3 nitrogen and oxygen atoms in total. The highest BCUT2D eigenvalue weighted by Crippen LogP contribution is 2.47. The number of piperidine rings is 1. The molecule has 0 saturated carbocycles. The minimum Gasteiger partial charge on any atom is -0.508 e. The van der Waals surface area contributed by atoms with Gasteiger partial charge < -0.3 is 14.7 Å². The van der Waals surface area contributed by atoms with E-state index in [0.717, 1.165) is 17.1 Å². The third kappa shape index (κ3) is 4.82. The van der Waals surface area contributed by atoms with Crippen LogP contribution in [0.25, 0.3) is 0 Å². The van der Waals surface area contributed by atoms with Crippen LogP contribution in [0.3, 0.4) is 0 Å². The number of benzene rings is 3. The van der Waals surface area contributed by atoms with Crippen LogP contribution < -0.4 is 4.74 Å². The van der Waals surface area contributed by atoms with Crippen LogP contribution in [-0.4, -0.2) is 42.0 Å². The molecular weight excluding hydrogens is 414 g/mol. The Labute approximate surface area is 195 Å². The highest BCUT2D eigenvalue weighted by atomic mass is 32.2. The molecule has 2 atom stereocenters. The van der Waals surface area contributed by atoms with Gasteiger partial charge in [0.15, 0.2) is 0 Å². The Morgan fingerprint density at radius 1 is 0.875 bits per heavy atom. The fourth-order valence-corrected chi connectivity index (χ4v) is 5.96. The number of aromatic hydroxyl groups is 1. The Morgan fingerprint density at radius 3 is 2.44 bits per heavy atom. The van der Waals surface area contributed by atoms with Gasteiger partial charge in [0.05, 0.1) is 6.61 Å². The molecule has 3 aromatic carbocycles. The van der Waals surface area contributed by atoms with E-state index >= 15 is 0 Å². The average molecular weight is 446 g/mol. The average Bonchev–Trinajstić information content (AvgIpc) is 2.85. The predicted molar refractivity (Wildman–Crippen MR) is 132 cm³/mol. The summed E-state index contributed by atoms with van der Waals surface area (Å²) >= 11 is 1.95. The topological polar surface area (TPSA) is 32.7 Å². The quantitative estimate of drug-likeness (QED) is 0.453. The van der Waals surface area contributed by atoms with Crippen molar-refractivity contribution in [3.63, 3.8) is 0 Å². The van der Waals surface area contributed by atoms with Crippen LogP contribution in [0, 0.1) is 0 Å². The lowest BCUT2D eigenvalue weighted by molar-refractivity contribution is 0.242. The third-order valence-electron chi connectivity index (χ3n) is 6.74. The Hall–Kier alpha value is -2.43. The second-order valence-electron chi connectivity index (χ2n) is 8.85. The molecule has 2 heterocycles. The minimum atomic E-state index is 0.153. The molecule has 166 valence electrons. The van der Waals surface area contributed by atoms with Crippen LogP contribution in [0.15, 0.2) is 77.7 Å². The molecule has 1 fully saturated rings. The Kier molecular flexibility index (Phi) is 6.70. The highest BCUT2D eigenvalue weighted by molar-refractivity contribution is 7.99. The zero-order valence-electron chi connectivity index (χ0n) is 18.5. The van der Waals surface area contributed by atoms with Gasteiger partial charge in [-0.2, -0.15) is 0 Å². The molecule has 4 heteroatoms. The molecule has 0 spiro atoms. The zero-order valence-corrected chi connectivity index (χ0v) is 19.3. The van der Waals surface area contributed by atoms with Crippen molar-refractivity contribution in [3.8, 4) is 11.5 Å². The molecular formula is C28H31NO2S. The summed E-state index contributed by atoms with van der Waals surface area (Å²) in [6.07, 6.45) is 4.09. The van der Waals surface area contributed by atoms with Gasteiger partial charge >= 0.3 is 0 Å². The molecule has 0 amide bonds. The van der Waals surface area contributed by atoms with Crippen LogP contribution in [0.5, 0.6) is 11.5 Å². The first kappa shape index (κ1) is 21.4. The molecule has 2 aliphatic heterocycles. The van der Waals surface area contributed by atoms with Gasteiger partial charge in [-0.25, -0.2) is 0 Å². The van der Waals surface area contributed by atoms with Gasteiger partial charge in [-0.05, 0) is 67.4 Å². The third-order valence-corrected chi connectivity index (χ3v) is 7.73. The number of fused-ring (bicyclic) bond motifs is 1. The predicted octanol–water partition coefficient (Wildman–Crippen LogP) is 6.28. The molecule has 0 aromatic heterocycles. The largest absolute Gasteiger partial charge is 0.508 e. The maximum absolute atomic E-state index is 10.2. The molecule has 1 saturated heterocycles. The fourth-order valence-electron chi connectivity index (χ4n) is 5.05. The van der Waals surface area contributed by atoms with E-state index in [0.29, 0.717) is 6.61 Å². The van der Waals surface area contributed by atoms with E-state index < -0.39 is 0 Å². The van der Waals surface area contributed by atoms with Gasteiger partial charge in [-0.3, -0.25) is 0 Å². The van der Waals surface area contributed by atoms with Crippen LogP contribution >= 0.6 is 11.8 Å². The summed E-state index contributed by atoms with van der Waals surface area (Å²) in [4.78, 5) is 3.92. The van der Waals surface area contributed by atoms with Crippen molar-refractivity contribution in [2.75, 3.05) is 32.0 Å². The van der Waals surface area contributed by atoms with Crippen molar-refractivity contribution in [2.24, 2.45) is 0 Å². The van der Waals surface area contributed by atoms with Crippen LogP contribution in [-0.2, 0) is 0 Å². The molecule has 5 rings (SSSR count). The molecule has 0 bridgehead atoms. The number of hydrogen-bond donors (Lipinski definition) is 1. The van der Waals surface area contributed by atoms with Crippen molar-refractivity contribution < 1.29 is 9.84 Å². The molecule has 1 N–H and O–H groups in total. The number of rotatable bonds is 6. The van der Waals surface area contributed by atoms with E-state index in [-0.39, 0.29) is 17.6 Å². The lowest BCUT2D eigenvalue weighted by Gasteiger charge is -2.34. The van der Waals surface area contributed by atoms with Gasteiger partial charge in [0.25, 0.3) is 0 Å². The van der Waals surface area contributed by atoms with Gasteiger partial charge in [0.1, 0.15) is 11.5 Å². The SMILES string of the molecule is Oc1ccc2c(c1)[C@H](c1ccc(SCCN3CCCCC3)cc1)[C@H](c1ccccc1)CO2. The summed E-state index contributed by atoms with van der Waals surface area (Å²) in [6, 6.07) is 25.1. The normalized spacial score (nSPS) is 21.0. The van der Waals surface area contributed by atoms with E-state index in [9.17, 15) is 5.11 Å². The first-order valence-corrected chi connectivity index (χ1v) is 12.7. The first-order chi connectivity index (χ1) is 15.8. The molecule has 32 heavy (non-hydrogen) atoms. The summed E-state index contributed by atoms with van der Waals surface area (Å²) in [7, 11) is 0. The highest BCUT2D eigenvalue weighted by Gasteiger charge is 2.33. The maximum atomic E-state index is 10.2.